The molecule has 1 heterocycles. The van der Waals surface area contributed by atoms with Gasteiger partial charge in [-0.05, 0) is 101 Å². The number of hydrogen-bond acceptors (Lipinski definition) is 13. The number of carboxylic acids is 2. The Hall–Kier alpha value is -6.31. The van der Waals surface area contributed by atoms with Crippen molar-refractivity contribution in [1.82, 2.24) is 42.5 Å². The highest BCUT2D eigenvalue weighted by molar-refractivity contribution is 5.98. The van der Waals surface area contributed by atoms with Crippen molar-refractivity contribution >= 4 is 65.2 Å². The fourth-order valence-corrected chi connectivity index (χ4v) is 7.41. The van der Waals surface area contributed by atoms with Crippen LogP contribution in [0.15, 0.2) is 9.98 Å². The molecule has 0 aromatic rings. The molecule has 1 saturated heterocycles. The third-order valence-electron chi connectivity index (χ3n) is 11.0. The number of rotatable bonds is 34. The lowest BCUT2D eigenvalue weighted by Gasteiger charge is -2.29. The Kier molecular flexibility index (Phi) is 28.6. The highest BCUT2D eigenvalue weighted by Gasteiger charge is 2.36. The van der Waals surface area contributed by atoms with Gasteiger partial charge in [0, 0.05) is 13.1 Å². The SMILES string of the molecule is CC(C)C[C@H](NC(=O)[C@H](CC(=O)O)NC(=O)[C@H](CC(C)C)NC(=O)[C@H](CCCN=C(N)N)NC(=O)[C@H](CCCN=C(N)N)NC(=O)[C@H](CCCCN)NC(=O)[C@@H](NC(=O)[C@@H]1CCCN1)C(C)C)C(=O)O. The number of nitrogens with one attached hydrogen (secondary N) is 8. The number of aliphatic imine (C=N–C) groups is 2. The lowest BCUT2D eigenvalue weighted by molar-refractivity contribution is -0.144. The van der Waals surface area contributed by atoms with Gasteiger partial charge < -0.3 is 81.4 Å². The first-order valence-corrected chi connectivity index (χ1v) is 24.0. The van der Waals surface area contributed by atoms with Crippen LogP contribution in [0, 0.1) is 17.8 Å². The number of guanidine groups is 2. The number of carboxylic acid groups (broad SMARTS) is 2. The van der Waals surface area contributed by atoms with E-state index in [0.29, 0.717) is 32.4 Å². The molecule has 8 atom stereocenters. The largest absolute Gasteiger partial charge is 0.481 e. The van der Waals surface area contributed by atoms with Gasteiger partial charge in [-0.3, -0.25) is 48.3 Å². The molecule has 1 aliphatic rings. The highest BCUT2D eigenvalue weighted by atomic mass is 16.4. The standard InChI is InChI=1S/C44H81N15O11/c1-23(2)20-30(39(66)57-31(22-33(60)61)40(67)58-32(42(69)70)21-24(3)4)56-38(65)29(15-11-19-52-44(48)49)54-37(64)28(14-10-18-51-43(46)47)53-36(63)27(12-7-8-16-45)55-41(68)34(25(5)6)59-35(62)26-13-9-17-50-26/h23-32,34,50H,7-22,45H2,1-6H3,(H,53,63)(H,54,64)(H,55,68)(H,56,65)(H,57,66)(H,58,67)(H,59,62)(H,60,61)(H,69,70)(H4,46,47,51)(H4,48,49,52)/t26-,27-,28-,29-,30-,31-,32-,34-/m0/s1. The molecule has 0 unspecified atom stereocenters. The fourth-order valence-electron chi connectivity index (χ4n) is 7.41. The van der Waals surface area contributed by atoms with Crippen LogP contribution in [0.1, 0.15) is 119 Å². The average Bonchev–Trinajstić information content (AvgIpc) is 3.81. The number of unbranched alkanes of at least 4 members (excludes halogenated alkanes) is 1. The first-order chi connectivity index (χ1) is 32.9. The Morgan fingerprint density at radius 1 is 0.557 bits per heavy atom. The fraction of sp³-hybridized carbons (Fsp3) is 0.750. The number of aliphatic carboxylic acids is 2. The number of nitrogens with two attached hydrogens (primary N) is 5. The monoisotopic (exact) mass is 996 g/mol. The maximum absolute atomic E-state index is 14.3. The van der Waals surface area contributed by atoms with Gasteiger partial charge in [0.1, 0.15) is 42.3 Å². The third-order valence-corrected chi connectivity index (χ3v) is 11.0. The zero-order chi connectivity index (χ0) is 53.1. The van der Waals surface area contributed by atoms with Crippen LogP contribution < -0.4 is 71.2 Å². The average molecular weight is 996 g/mol. The van der Waals surface area contributed by atoms with Crippen LogP contribution in [0.25, 0.3) is 0 Å². The first-order valence-electron chi connectivity index (χ1n) is 24.0. The minimum atomic E-state index is -1.74. The quantitative estimate of drug-likeness (QED) is 0.0170. The Morgan fingerprint density at radius 3 is 1.39 bits per heavy atom. The van der Waals surface area contributed by atoms with Gasteiger partial charge in [-0.25, -0.2) is 4.79 Å². The maximum atomic E-state index is 14.3. The molecule has 0 bridgehead atoms. The minimum Gasteiger partial charge on any atom is -0.481 e. The van der Waals surface area contributed by atoms with E-state index in [2.05, 4.69) is 52.5 Å². The molecule has 0 radical (unpaired) electrons. The summed E-state index contributed by atoms with van der Waals surface area (Å²) in [6.45, 7) is 11.5. The van der Waals surface area contributed by atoms with Crippen LogP contribution in [0.5, 0.6) is 0 Å². The van der Waals surface area contributed by atoms with Crippen molar-refractivity contribution in [2.75, 3.05) is 26.2 Å². The van der Waals surface area contributed by atoms with E-state index in [-0.39, 0.29) is 93.6 Å². The molecular formula is C44H81N15O11. The molecule has 1 fully saturated rings. The summed E-state index contributed by atoms with van der Waals surface area (Å²) >= 11 is 0. The van der Waals surface area contributed by atoms with Crippen molar-refractivity contribution < 1.29 is 53.4 Å². The summed E-state index contributed by atoms with van der Waals surface area (Å²) in [6.07, 6.45) is 1.61. The van der Waals surface area contributed by atoms with Crippen molar-refractivity contribution in [1.29, 1.82) is 0 Å². The van der Waals surface area contributed by atoms with Crippen molar-refractivity contribution in [3.63, 3.8) is 0 Å². The van der Waals surface area contributed by atoms with Crippen molar-refractivity contribution in [3.8, 4) is 0 Å². The lowest BCUT2D eigenvalue weighted by Crippen LogP contribution is -2.60. The van der Waals surface area contributed by atoms with Gasteiger partial charge in [-0.2, -0.15) is 0 Å². The van der Waals surface area contributed by atoms with Crippen LogP contribution in [0.4, 0.5) is 0 Å². The molecule has 7 amide bonds. The van der Waals surface area contributed by atoms with E-state index in [9.17, 15) is 53.4 Å². The van der Waals surface area contributed by atoms with E-state index < -0.39 is 102 Å². The lowest BCUT2D eigenvalue weighted by atomic mass is 10.0. The van der Waals surface area contributed by atoms with E-state index in [1.54, 1.807) is 41.5 Å². The number of amides is 7. The molecule has 26 heteroatoms. The molecule has 70 heavy (non-hydrogen) atoms. The van der Waals surface area contributed by atoms with Crippen molar-refractivity contribution in [2.45, 2.75) is 167 Å². The summed E-state index contributed by atoms with van der Waals surface area (Å²) in [6, 6.07) is -9.94. The van der Waals surface area contributed by atoms with E-state index in [1.165, 1.54) is 0 Å². The Labute approximate surface area is 409 Å². The number of carbonyl (C=O) groups excluding carboxylic acids is 7. The summed E-state index contributed by atoms with van der Waals surface area (Å²) in [5.41, 5.74) is 27.8. The molecule has 20 N–H and O–H groups in total. The summed E-state index contributed by atoms with van der Waals surface area (Å²) in [5.74, 6) is -9.57. The predicted molar refractivity (Wildman–Crippen MR) is 261 cm³/mol. The van der Waals surface area contributed by atoms with Crippen LogP contribution in [-0.2, 0) is 43.2 Å². The van der Waals surface area contributed by atoms with Gasteiger partial charge in [-0.15, -0.1) is 0 Å². The molecule has 0 spiro atoms. The van der Waals surface area contributed by atoms with Gasteiger partial charge in [0.15, 0.2) is 11.9 Å². The van der Waals surface area contributed by atoms with E-state index in [4.69, 9.17) is 28.7 Å². The molecular weight excluding hydrogens is 915 g/mol. The third kappa shape index (κ3) is 24.8. The molecule has 1 rings (SSSR count). The number of nitrogens with zero attached hydrogens (tertiary/aromatic N) is 2. The zero-order valence-corrected chi connectivity index (χ0v) is 41.5. The van der Waals surface area contributed by atoms with Gasteiger partial charge in [0.2, 0.25) is 41.4 Å². The summed E-state index contributed by atoms with van der Waals surface area (Å²) in [4.78, 5) is 128. The molecule has 26 nitrogen and oxygen atoms in total. The molecule has 0 aromatic carbocycles. The van der Waals surface area contributed by atoms with Gasteiger partial charge in [0.05, 0.1) is 12.5 Å². The van der Waals surface area contributed by atoms with E-state index in [0.717, 1.165) is 6.42 Å². The molecule has 0 aliphatic carbocycles. The minimum absolute atomic E-state index is 0.0159. The molecule has 1 aliphatic heterocycles. The molecule has 0 saturated carbocycles. The van der Waals surface area contributed by atoms with Gasteiger partial charge in [0.25, 0.3) is 0 Å². The molecule has 398 valence electrons. The predicted octanol–water partition coefficient (Wildman–Crippen LogP) is -3.32. The zero-order valence-electron chi connectivity index (χ0n) is 41.5. The van der Waals surface area contributed by atoms with Crippen molar-refractivity contribution in [2.24, 2.45) is 56.4 Å². The second kappa shape index (κ2) is 32.5. The highest BCUT2D eigenvalue weighted by Crippen LogP contribution is 2.13. The Balaban J connectivity index is 3.57. The van der Waals surface area contributed by atoms with E-state index in [1.807, 2.05) is 0 Å². The topological polar surface area (TPSA) is 445 Å². The summed E-state index contributed by atoms with van der Waals surface area (Å²) < 4.78 is 0. The number of carbonyl (C=O) groups is 9. The Morgan fingerprint density at radius 2 is 0.971 bits per heavy atom. The maximum Gasteiger partial charge on any atom is 0.326 e. The van der Waals surface area contributed by atoms with Crippen LogP contribution in [0.2, 0.25) is 0 Å². The smallest absolute Gasteiger partial charge is 0.326 e. The second-order valence-corrected chi connectivity index (χ2v) is 18.6. The van der Waals surface area contributed by atoms with Crippen LogP contribution in [0.3, 0.4) is 0 Å². The first kappa shape index (κ1) is 61.7. The van der Waals surface area contributed by atoms with Crippen molar-refractivity contribution in [3.05, 3.63) is 0 Å². The number of hydrogen-bond donors (Lipinski definition) is 15. The van der Waals surface area contributed by atoms with Crippen LogP contribution >= 0.6 is 0 Å². The van der Waals surface area contributed by atoms with Gasteiger partial charge in [-0.1, -0.05) is 41.5 Å². The van der Waals surface area contributed by atoms with Crippen LogP contribution in [-0.4, -0.2) is 150 Å². The second-order valence-electron chi connectivity index (χ2n) is 18.6. The van der Waals surface area contributed by atoms with Gasteiger partial charge >= 0.3 is 11.9 Å². The Bertz CT molecular complexity index is 1800. The summed E-state index contributed by atoms with van der Waals surface area (Å²) in [5, 5.41) is 40.5. The molecule has 0 aromatic heterocycles. The van der Waals surface area contributed by atoms with E-state index >= 15 is 0 Å². The normalized spacial score (nSPS) is 16.3. The summed E-state index contributed by atoms with van der Waals surface area (Å²) in [7, 11) is 0.